The molecule has 0 aromatic heterocycles. The van der Waals surface area contributed by atoms with Crippen molar-refractivity contribution in [2.75, 3.05) is 13.2 Å². The molecule has 1 heterocycles. The van der Waals surface area contributed by atoms with Crippen LogP contribution >= 0.6 is 0 Å². The number of carbonyl (C=O) groups excluding carboxylic acids is 2. The van der Waals surface area contributed by atoms with Gasteiger partial charge in [0.15, 0.2) is 0 Å². The highest BCUT2D eigenvalue weighted by Crippen LogP contribution is 2.44. The zero-order valence-electron chi connectivity index (χ0n) is 19.0. The third-order valence-electron chi connectivity index (χ3n) is 6.74. The van der Waals surface area contributed by atoms with Gasteiger partial charge in [-0.15, -0.1) is 0 Å². The predicted molar refractivity (Wildman–Crippen MR) is 120 cm³/mol. The molecule has 2 atom stereocenters. The Morgan fingerprint density at radius 1 is 1.06 bits per heavy atom. The molecule has 1 fully saturated rings. The number of aliphatic carboxylic acids is 1. The van der Waals surface area contributed by atoms with Crippen molar-refractivity contribution in [2.24, 2.45) is 0 Å². The summed E-state index contributed by atoms with van der Waals surface area (Å²) in [7, 11) is 0. The molecule has 4 rings (SSSR count). The topological polar surface area (TPSA) is 95.9 Å². The summed E-state index contributed by atoms with van der Waals surface area (Å²) in [5.74, 6) is -2.98. The van der Waals surface area contributed by atoms with E-state index in [1.165, 1.54) is 0 Å². The van der Waals surface area contributed by atoms with Crippen LogP contribution in [0.4, 0.5) is 18.0 Å². The lowest BCUT2D eigenvalue weighted by atomic mass is 9.98. The third kappa shape index (κ3) is 4.56. The highest BCUT2D eigenvalue weighted by atomic mass is 19.4. The molecule has 1 aliphatic carbocycles. The molecule has 0 radical (unpaired) electrons. The van der Waals surface area contributed by atoms with Crippen LogP contribution < -0.4 is 5.32 Å². The van der Waals surface area contributed by atoms with E-state index < -0.39 is 42.1 Å². The zero-order chi connectivity index (χ0) is 25.4. The molecule has 0 saturated carbocycles. The van der Waals surface area contributed by atoms with Crippen LogP contribution in [0.5, 0.6) is 0 Å². The molecule has 2 aromatic carbocycles. The number of likely N-dealkylation sites (tertiary alicyclic amines) is 1. The third-order valence-corrected chi connectivity index (χ3v) is 6.74. The van der Waals surface area contributed by atoms with E-state index in [-0.39, 0.29) is 25.5 Å². The summed E-state index contributed by atoms with van der Waals surface area (Å²) in [4.78, 5) is 37.5. The number of alkyl carbamates (subject to hydrolysis) is 1. The summed E-state index contributed by atoms with van der Waals surface area (Å²) < 4.78 is 47.4. The average molecular weight is 490 g/mol. The summed E-state index contributed by atoms with van der Waals surface area (Å²) in [6, 6.07) is 14.2. The molecule has 0 bridgehead atoms. The molecule has 1 aliphatic heterocycles. The Morgan fingerprint density at radius 3 is 2.17 bits per heavy atom. The van der Waals surface area contributed by atoms with Crippen molar-refractivity contribution in [3.05, 3.63) is 59.7 Å². The van der Waals surface area contributed by atoms with Gasteiger partial charge in [0.05, 0.1) is 6.42 Å². The second-order valence-electron chi connectivity index (χ2n) is 8.97. The van der Waals surface area contributed by atoms with Gasteiger partial charge in [0, 0.05) is 18.5 Å². The maximum atomic E-state index is 14.1. The number of hydrogen-bond donors (Lipinski definition) is 2. The Morgan fingerprint density at radius 2 is 1.63 bits per heavy atom. The van der Waals surface area contributed by atoms with Gasteiger partial charge in [-0.05, 0) is 42.0 Å². The molecule has 2 aliphatic rings. The Bertz CT molecular complexity index is 1110. The van der Waals surface area contributed by atoms with Crippen LogP contribution in [0.3, 0.4) is 0 Å². The van der Waals surface area contributed by atoms with Gasteiger partial charge in [-0.1, -0.05) is 48.5 Å². The number of benzene rings is 2. The fourth-order valence-electron chi connectivity index (χ4n) is 4.89. The standard InChI is InChI=1S/C25H25F3N2O5/c1-24(25(26,27)28,22(33)30-12-6-7-15(30)13-21(31)32)29-23(34)35-14-20-18-10-4-2-8-16(18)17-9-3-5-11-19(17)20/h2-5,8-11,15,20H,6-7,12-14H2,1H3,(H,29,34)(H,31,32). The highest BCUT2D eigenvalue weighted by Gasteiger charge is 2.60. The van der Waals surface area contributed by atoms with Crippen LogP contribution in [0.2, 0.25) is 0 Å². The Kier molecular flexibility index (Phi) is 6.48. The summed E-state index contributed by atoms with van der Waals surface area (Å²) in [6.07, 6.45) is -6.33. The van der Waals surface area contributed by atoms with E-state index in [0.29, 0.717) is 13.3 Å². The molecule has 1 saturated heterocycles. The van der Waals surface area contributed by atoms with Crippen LogP contribution in [0.1, 0.15) is 43.2 Å². The highest BCUT2D eigenvalue weighted by molar-refractivity contribution is 5.91. The fraction of sp³-hybridized carbons (Fsp3) is 0.400. The number of rotatable bonds is 6. The van der Waals surface area contributed by atoms with E-state index in [1.54, 1.807) is 5.32 Å². The Hall–Kier alpha value is -3.56. The lowest BCUT2D eigenvalue weighted by Gasteiger charge is -2.36. The van der Waals surface area contributed by atoms with Crippen LogP contribution in [-0.2, 0) is 14.3 Å². The van der Waals surface area contributed by atoms with E-state index in [1.807, 2.05) is 48.5 Å². The normalized spacial score (nSPS) is 19.0. The SMILES string of the molecule is CC(NC(=O)OCC1c2ccccc2-c2ccccc21)(C(=O)N1CCCC1CC(=O)O)C(F)(F)F. The quantitative estimate of drug-likeness (QED) is 0.629. The molecule has 2 amide bonds. The van der Waals surface area contributed by atoms with E-state index in [9.17, 15) is 27.6 Å². The van der Waals surface area contributed by atoms with Crippen molar-refractivity contribution >= 4 is 18.0 Å². The van der Waals surface area contributed by atoms with Crippen LogP contribution in [0.15, 0.2) is 48.5 Å². The number of nitrogens with one attached hydrogen (secondary N) is 1. The van der Waals surface area contributed by atoms with Gasteiger partial charge in [0.2, 0.25) is 5.54 Å². The van der Waals surface area contributed by atoms with Gasteiger partial charge in [-0.2, -0.15) is 13.2 Å². The number of nitrogens with zero attached hydrogens (tertiary/aromatic N) is 1. The lowest BCUT2D eigenvalue weighted by Crippen LogP contribution is -2.66. The number of carboxylic acids is 1. The van der Waals surface area contributed by atoms with Gasteiger partial charge in [0.25, 0.3) is 5.91 Å². The first-order valence-corrected chi connectivity index (χ1v) is 11.3. The Labute approximate surface area is 199 Å². The molecule has 7 nitrogen and oxygen atoms in total. The summed E-state index contributed by atoms with van der Waals surface area (Å²) in [5.41, 5.74) is 0.447. The largest absolute Gasteiger partial charge is 0.481 e. The van der Waals surface area contributed by atoms with Crippen molar-refractivity contribution in [2.45, 2.75) is 49.9 Å². The summed E-state index contributed by atoms with van der Waals surface area (Å²) in [6.45, 7) is 0.342. The number of carboxylic acid groups (broad SMARTS) is 1. The van der Waals surface area contributed by atoms with E-state index in [2.05, 4.69) is 0 Å². The van der Waals surface area contributed by atoms with Gasteiger partial charge >= 0.3 is 18.2 Å². The fourth-order valence-corrected chi connectivity index (χ4v) is 4.89. The van der Waals surface area contributed by atoms with Gasteiger partial charge < -0.3 is 14.7 Å². The first-order valence-electron chi connectivity index (χ1n) is 11.3. The molecule has 2 unspecified atom stereocenters. The summed E-state index contributed by atoms with van der Waals surface area (Å²) >= 11 is 0. The number of fused-ring (bicyclic) bond motifs is 3. The first-order chi connectivity index (χ1) is 16.5. The number of ether oxygens (including phenoxy) is 1. The number of hydrogen-bond acceptors (Lipinski definition) is 4. The van der Waals surface area contributed by atoms with E-state index in [4.69, 9.17) is 9.84 Å². The molecule has 0 spiro atoms. The monoisotopic (exact) mass is 490 g/mol. The Balaban J connectivity index is 1.50. The molecule has 186 valence electrons. The second kappa shape index (κ2) is 9.24. The average Bonchev–Trinajstić information content (AvgIpc) is 3.38. The van der Waals surface area contributed by atoms with Crippen molar-refractivity contribution in [3.63, 3.8) is 0 Å². The van der Waals surface area contributed by atoms with Gasteiger partial charge in [-0.3, -0.25) is 14.9 Å². The molecular formula is C25H25F3N2O5. The minimum Gasteiger partial charge on any atom is -0.481 e. The summed E-state index contributed by atoms with van der Waals surface area (Å²) in [5, 5.41) is 10.8. The molecule has 2 aromatic rings. The lowest BCUT2D eigenvalue weighted by molar-refractivity contribution is -0.200. The van der Waals surface area contributed by atoms with Crippen LogP contribution in [0, 0.1) is 0 Å². The van der Waals surface area contributed by atoms with Crippen LogP contribution in [-0.4, -0.2) is 58.9 Å². The van der Waals surface area contributed by atoms with Crippen molar-refractivity contribution in [3.8, 4) is 11.1 Å². The van der Waals surface area contributed by atoms with Crippen LogP contribution in [0.25, 0.3) is 11.1 Å². The molecular weight excluding hydrogens is 465 g/mol. The molecule has 2 N–H and O–H groups in total. The van der Waals surface area contributed by atoms with Crippen molar-refractivity contribution in [1.29, 1.82) is 0 Å². The number of halogens is 3. The van der Waals surface area contributed by atoms with E-state index >= 15 is 0 Å². The zero-order valence-corrected chi connectivity index (χ0v) is 19.0. The van der Waals surface area contributed by atoms with Gasteiger partial charge in [-0.25, -0.2) is 4.79 Å². The second-order valence-corrected chi connectivity index (χ2v) is 8.97. The minimum absolute atomic E-state index is 0.0190. The maximum Gasteiger partial charge on any atom is 0.420 e. The minimum atomic E-state index is -5.13. The maximum absolute atomic E-state index is 14.1. The van der Waals surface area contributed by atoms with Gasteiger partial charge in [0.1, 0.15) is 6.61 Å². The predicted octanol–water partition coefficient (Wildman–Crippen LogP) is 4.31. The number of amides is 2. The first kappa shape index (κ1) is 24.6. The number of alkyl halides is 3. The molecule has 10 heteroatoms. The molecule has 35 heavy (non-hydrogen) atoms. The van der Waals surface area contributed by atoms with E-state index in [0.717, 1.165) is 27.2 Å². The van der Waals surface area contributed by atoms with Crippen molar-refractivity contribution < 1.29 is 37.4 Å². The smallest absolute Gasteiger partial charge is 0.420 e. The number of carbonyl (C=O) groups is 3. The van der Waals surface area contributed by atoms with Crippen molar-refractivity contribution in [1.82, 2.24) is 10.2 Å².